The molecule has 2 aromatic rings. The minimum absolute atomic E-state index is 0.108. The number of hydrogen-bond acceptors (Lipinski definition) is 5. The van der Waals surface area contributed by atoms with Crippen molar-refractivity contribution < 1.29 is 23.6 Å². The highest BCUT2D eigenvalue weighted by atomic mass is 19.1. The van der Waals surface area contributed by atoms with Gasteiger partial charge in [0.05, 0.1) is 10.5 Å². The molecule has 124 valence electrons. The highest BCUT2D eigenvalue weighted by Gasteiger charge is 2.21. The zero-order valence-corrected chi connectivity index (χ0v) is 13.0. The lowest BCUT2D eigenvalue weighted by atomic mass is 10.1. The molecule has 0 saturated carbocycles. The first kappa shape index (κ1) is 17.3. The smallest absolute Gasteiger partial charge is 0.338 e. The van der Waals surface area contributed by atoms with E-state index in [4.69, 9.17) is 4.74 Å². The lowest BCUT2D eigenvalue weighted by molar-refractivity contribution is -0.385. The van der Waals surface area contributed by atoms with Crippen LogP contribution in [0.5, 0.6) is 0 Å². The molecule has 0 heterocycles. The van der Waals surface area contributed by atoms with Gasteiger partial charge >= 0.3 is 5.97 Å². The lowest BCUT2D eigenvalue weighted by Crippen LogP contribution is -2.24. The normalized spacial score (nSPS) is 11.6. The largest absolute Gasteiger partial charge is 0.451 e. The van der Waals surface area contributed by atoms with Crippen molar-refractivity contribution in [2.75, 3.05) is 0 Å². The van der Waals surface area contributed by atoms with E-state index in [1.54, 1.807) is 0 Å². The maximum absolute atomic E-state index is 12.9. The SMILES string of the molecule is Cc1cc(C(=O)O[C@@H](C)C(=O)c2ccc(F)cc2)ccc1[N+](=O)[O-]. The molecule has 0 unspecified atom stereocenters. The fourth-order valence-corrected chi connectivity index (χ4v) is 2.12. The van der Waals surface area contributed by atoms with Crippen LogP contribution in [0.3, 0.4) is 0 Å². The van der Waals surface area contributed by atoms with Gasteiger partial charge in [0.1, 0.15) is 5.82 Å². The zero-order chi connectivity index (χ0) is 17.9. The number of nitro benzene ring substituents is 1. The molecule has 0 bridgehead atoms. The van der Waals surface area contributed by atoms with E-state index in [2.05, 4.69) is 0 Å². The number of nitro groups is 1. The van der Waals surface area contributed by atoms with Gasteiger partial charge < -0.3 is 4.74 Å². The van der Waals surface area contributed by atoms with Crippen molar-refractivity contribution in [2.45, 2.75) is 20.0 Å². The molecule has 0 saturated heterocycles. The van der Waals surface area contributed by atoms with Gasteiger partial charge in [-0.3, -0.25) is 14.9 Å². The van der Waals surface area contributed by atoms with Crippen LogP contribution in [0, 0.1) is 22.9 Å². The first-order chi connectivity index (χ1) is 11.3. The van der Waals surface area contributed by atoms with Crippen molar-refractivity contribution >= 4 is 17.4 Å². The van der Waals surface area contributed by atoms with Crippen LogP contribution >= 0.6 is 0 Å². The average molecular weight is 331 g/mol. The summed E-state index contributed by atoms with van der Waals surface area (Å²) in [6, 6.07) is 8.69. The Morgan fingerprint density at radius 3 is 2.25 bits per heavy atom. The molecule has 7 heteroatoms. The Morgan fingerprint density at radius 1 is 1.12 bits per heavy atom. The van der Waals surface area contributed by atoms with Crippen LogP contribution < -0.4 is 0 Å². The number of ether oxygens (including phenoxy) is 1. The van der Waals surface area contributed by atoms with Gasteiger partial charge in [-0.05, 0) is 50.2 Å². The van der Waals surface area contributed by atoms with Gasteiger partial charge in [0.25, 0.3) is 5.69 Å². The van der Waals surface area contributed by atoms with Crippen molar-refractivity contribution in [3.05, 3.63) is 75.1 Å². The molecular formula is C17H14FNO5. The minimum atomic E-state index is -1.07. The molecule has 24 heavy (non-hydrogen) atoms. The third kappa shape index (κ3) is 3.81. The maximum atomic E-state index is 12.9. The summed E-state index contributed by atoms with van der Waals surface area (Å²) >= 11 is 0. The minimum Gasteiger partial charge on any atom is -0.451 e. The van der Waals surface area contributed by atoms with Gasteiger partial charge in [-0.1, -0.05) is 0 Å². The Bertz CT molecular complexity index is 801. The van der Waals surface area contributed by atoms with Crippen LogP contribution in [0.2, 0.25) is 0 Å². The molecule has 0 spiro atoms. The number of nitrogens with zero attached hydrogens (tertiary/aromatic N) is 1. The summed E-state index contributed by atoms with van der Waals surface area (Å²) in [6.07, 6.45) is -1.07. The predicted octanol–water partition coefficient (Wildman–Crippen LogP) is 3.47. The number of ketones is 1. The van der Waals surface area contributed by atoms with Gasteiger partial charge in [0.15, 0.2) is 6.10 Å². The standard InChI is InChI=1S/C17H14FNO5/c1-10-9-13(5-8-15(10)19(22)23)17(21)24-11(2)16(20)12-3-6-14(18)7-4-12/h3-9,11H,1-2H3/t11-/m0/s1. The Balaban J connectivity index is 2.11. The van der Waals surface area contributed by atoms with Crippen LogP contribution in [0.1, 0.15) is 33.2 Å². The molecule has 2 rings (SSSR count). The average Bonchev–Trinajstić information content (AvgIpc) is 2.54. The molecule has 2 aromatic carbocycles. The van der Waals surface area contributed by atoms with E-state index in [0.717, 1.165) is 12.1 Å². The van der Waals surface area contributed by atoms with Crippen molar-refractivity contribution in [3.63, 3.8) is 0 Å². The van der Waals surface area contributed by atoms with Crippen LogP contribution in [-0.4, -0.2) is 22.8 Å². The van der Waals surface area contributed by atoms with E-state index in [1.165, 1.54) is 44.2 Å². The van der Waals surface area contributed by atoms with E-state index in [0.29, 0.717) is 5.56 Å². The number of aryl methyl sites for hydroxylation is 1. The van der Waals surface area contributed by atoms with Crippen molar-refractivity contribution in [3.8, 4) is 0 Å². The molecule has 6 nitrogen and oxygen atoms in total. The summed E-state index contributed by atoms with van der Waals surface area (Å²) in [5.41, 5.74) is 0.530. The maximum Gasteiger partial charge on any atom is 0.338 e. The van der Waals surface area contributed by atoms with Gasteiger partial charge in [-0.15, -0.1) is 0 Å². The molecule has 0 fully saturated rings. The van der Waals surface area contributed by atoms with Gasteiger partial charge in [0, 0.05) is 17.2 Å². The molecule has 0 aliphatic rings. The molecule has 0 radical (unpaired) electrons. The van der Waals surface area contributed by atoms with Crippen molar-refractivity contribution in [2.24, 2.45) is 0 Å². The highest BCUT2D eigenvalue weighted by molar-refractivity contribution is 6.01. The van der Waals surface area contributed by atoms with Gasteiger partial charge in [-0.25, -0.2) is 9.18 Å². The fourth-order valence-electron chi connectivity index (χ4n) is 2.12. The summed E-state index contributed by atoms with van der Waals surface area (Å²) in [7, 11) is 0. The Hall–Kier alpha value is -3.09. The number of rotatable bonds is 5. The summed E-state index contributed by atoms with van der Waals surface area (Å²) in [5.74, 6) is -1.71. The topological polar surface area (TPSA) is 86.5 Å². The lowest BCUT2D eigenvalue weighted by Gasteiger charge is -2.12. The van der Waals surface area contributed by atoms with Crippen LogP contribution in [-0.2, 0) is 4.74 Å². The van der Waals surface area contributed by atoms with E-state index in [-0.39, 0.29) is 16.8 Å². The molecule has 1 atom stereocenters. The fraction of sp³-hybridized carbons (Fsp3) is 0.176. The van der Waals surface area contributed by atoms with Gasteiger partial charge in [0.2, 0.25) is 5.78 Å². The quantitative estimate of drug-likeness (QED) is 0.362. The molecule has 0 aliphatic carbocycles. The van der Waals surface area contributed by atoms with Gasteiger partial charge in [-0.2, -0.15) is 0 Å². The molecular weight excluding hydrogens is 317 g/mol. The number of esters is 1. The van der Waals surface area contributed by atoms with Crippen molar-refractivity contribution in [1.82, 2.24) is 0 Å². The number of benzene rings is 2. The van der Waals surface area contributed by atoms with E-state index in [1.807, 2.05) is 0 Å². The van der Waals surface area contributed by atoms with Crippen LogP contribution in [0.4, 0.5) is 10.1 Å². The number of carbonyl (C=O) groups excluding carboxylic acids is 2. The number of carbonyl (C=O) groups is 2. The second kappa shape index (κ2) is 6.99. The summed E-state index contributed by atoms with van der Waals surface area (Å²) < 4.78 is 18.0. The Labute approximate surface area is 137 Å². The second-order valence-corrected chi connectivity index (χ2v) is 5.18. The third-order valence-corrected chi connectivity index (χ3v) is 3.41. The summed E-state index contributed by atoms with van der Waals surface area (Å²) in [4.78, 5) is 34.4. The van der Waals surface area contributed by atoms with E-state index >= 15 is 0 Å². The summed E-state index contributed by atoms with van der Waals surface area (Å²) in [6.45, 7) is 2.91. The number of hydrogen-bond donors (Lipinski definition) is 0. The monoisotopic (exact) mass is 331 g/mol. The van der Waals surface area contributed by atoms with E-state index in [9.17, 15) is 24.1 Å². The number of Topliss-reactive ketones (excluding diaryl/α,β-unsaturated/α-hetero) is 1. The number of halogens is 1. The Morgan fingerprint density at radius 2 is 1.71 bits per heavy atom. The van der Waals surface area contributed by atoms with Crippen LogP contribution in [0.25, 0.3) is 0 Å². The molecule has 0 amide bonds. The third-order valence-electron chi connectivity index (χ3n) is 3.41. The summed E-state index contributed by atoms with van der Waals surface area (Å²) in [5, 5.41) is 10.8. The Kier molecular flexibility index (Phi) is 5.03. The zero-order valence-electron chi connectivity index (χ0n) is 13.0. The molecule has 0 N–H and O–H groups in total. The molecule has 0 aliphatic heterocycles. The van der Waals surface area contributed by atoms with Crippen LogP contribution in [0.15, 0.2) is 42.5 Å². The first-order valence-corrected chi connectivity index (χ1v) is 7.05. The predicted molar refractivity (Wildman–Crippen MR) is 83.4 cm³/mol. The van der Waals surface area contributed by atoms with Crippen molar-refractivity contribution in [1.29, 1.82) is 0 Å². The first-order valence-electron chi connectivity index (χ1n) is 7.05. The molecule has 0 aromatic heterocycles. The van der Waals surface area contributed by atoms with E-state index < -0.39 is 28.6 Å². The second-order valence-electron chi connectivity index (χ2n) is 5.18. The highest BCUT2D eigenvalue weighted by Crippen LogP contribution is 2.20.